The van der Waals surface area contributed by atoms with Crippen molar-refractivity contribution in [3.05, 3.63) is 46.7 Å². The van der Waals surface area contributed by atoms with Crippen LogP contribution >= 0.6 is 11.3 Å². The van der Waals surface area contributed by atoms with Crippen molar-refractivity contribution in [1.82, 2.24) is 0 Å². The third-order valence-corrected chi connectivity index (χ3v) is 4.09. The molecule has 0 saturated carbocycles. The highest BCUT2D eigenvalue weighted by atomic mass is 32.1. The van der Waals surface area contributed by atoms with Crippen LogP contribution in [0, 0.1) is 0 Å². The largest absolute Gasteiger partial charge is 0.368 e. The Morgan fingerprint density at radius 1 is 1.29 bits per heavy atom. The zero-order chi connectivity index (χ0) is 14.8. The zero-order valence-corrected chi connectivity index (χ0v) is 12.0. The second-order valence-electron chi connectivity index (χ2n) is 4.65. The molecular formula is C15H13N3O2S. The number of carbonyl (C=O) groups excluding carboxylic acids is 2. The average Bonchev–Trinajstić information content (AvgIpc) is 2.94. The van der Waals surface area contributed by atoms with Crippen molar-refractivity contribution < 1.29 is 9.59 Å². The van der Waals surface area contributed by atoms with E-state index < -0.39 is 5.91 Å². The van der Waals surface area contributed by atoms with Crippen LogP contribution in [-0.4, -0.2) is 24.1 Å². The lowest BCUT2D eigenvalue weighted by Crippen LogP contribution is -2.38. The van der Waals surface area contributed by atoms with E-state index in [-0.39, 0.29) is 18.9 Å². The van der Waals surface area contributed by atoms with Gasteiger partial charge in [0.15, 0.2) is 0 Å². The molecule has 5 nitrogen and oxygen atoms in total. The third-order valence-electron chi connectivity index (χ3n) is 3.17. The monoisotopic (exact) mass is 299 g/mol. The molecule has 0 radical (unpaired) electrons. The fourth-order valence-corrected chi connectivity index (χ4v) is 2.97. The number of primary amides is 1. The summed E-state index contributed by atoms with van der Waals surface area (Å²) in [6.45, 7) is -0.136. The summed E-state index contributed by atoms with van der Waals surface area (Å²) >= 11 is 1.54. The van der Waals surface area contributed by atoms with Gasteiger partial charge >= 0.3 is 0 Å². The summed E-state index contributed by atoms with van der Waals surface area (Å²) < 4.78 is 0. The van der Waals surface area contributed by atoms with Crippen molar-refractivity contribution in [3.63, 3.8) is 0 Å². The van der Waals surface area contributed by atoms with Gasteiger partial charge in [-0.1, -0.05) is 18.2 Å². The lowest BCUT2D eigenvalue weighted by molar-refractivity contribution is -0.121. The third kappa shape index (κ3) is 2.71. The van der Waals surface area contributed by atoms with Crippen molar-refractivity contribution >= 4 is 40.2 Å². The number of rotatable bonds is 3. The van der Waals surface area contributed by atoms with Crippen molar-refractivity contribution in [1.29, 1.82) is 0 Å². The number of amides is 2. The molecule has 2 amide bonds. The van der Waals surface area contributed by atoms with Gasteiger partial charge in [0.05, 0.1) is 23.5 Å². The summed E-state index contributed by atoms with van der Waals surface area (Å²) in [5.74, 6) is -0.719. The number of hydrogen-bond donors (Lipinski definition) is 1. The SMILES string of the molecule is NC(=O)CN1C(=O)CC(c2cccs2)=Nc2ccccc21. The Hall–Kier alpha value is -2.47. The van der Waals surface area contributed by atoms with Crippen LogP contribution < -0.4 is 10.6 Å². The van der Waals surface area contributed by atoms with Crippen molar-refractivity contribution in [3.8, 4) is 0 Å². The molecule has 6 heteroatoms. The van der Waals surface area contributed by atoms with Gasteiger partial charge in [0.1, 0.15) is 6.54 Å². The molecule has 1 aliphatic heterocycles. The fraction of sp³-hybridized carbons (Fsp3) is 0.133. The molecule has 0 unspecified atom stereocenters. The van der Waals surface area contributed by atoms with E-state index in [1.54, 1.807) is 6.07 Å². The molecule has 1 aliphatic rings. The lowest BCUT2D eigenvalue weighted by Gasteiger charge is -2.20. The van der Waals surface area contributed by atoms with E-state index in [4.69, 9.17) is 5.73 Å². The van der Waals surface area contributed by atoms with Crippen molar-refractivity contribution in [2.75, 3.05) is 11.4 Å². The summed E-state index contributed by atoms with van der Waals surface area (Å²) in [6.07, 6.45) is 0.155. The number of hydrogen-bond acceptors (Lipinski definition) is 4. The summed E-state index contributed by atoms with van der Waals surface area (Å²) in [6, 6.07) is 11.1. The van der Waals surface area contributed by atoms with Crippen molar-refractivity contribution in [2.45, 2.75) is 6.42 Å². The molecule has 106 valence electrons. The lowest BCUT2D eigenvalue weighted by atomic mass is 10.2. The van der Waals surface area contributed by atoms with E-state index >= 15 is 0 Å². The van der Waals surface area contributed by atoms with Crippen LogP contribution in [0.4, 0.5) is 11.4 Å². The summed E-state index contributed by atoms with van der Waals surface area (Å²) in [4.78, 5) is 30.7. The molecule has 0 fully saturated rings. The van der Waals surface area contributed by atoms with E-state index in [2.05, 4.69) is 4.99 Å². The topological polar surface area (TPSA) is 75.8 Å². The normalized spacial score (nSPS) is 14.4. The Labute approximate surface area is 125 Å². The average molecular weight is 299 g/mol. The standard InChI is InChI=1S/C15H13N3O2S/c16-14(19)9-18-12-5-2-1-4-10(12)17-11(8-15(18)20)13-6-3-7-21-13/h1-7H,8-9H2,(H2,16,19). The summed E-state index contributed by atoms with van der Waals surface area (Å²) in [5, 5.41) is 1.94. The first-order valence-electron chi connectivity index (χ1n) is 6.44. The van der Waals surface area contributed by atoms with Gasteiger partial charge in [-0.2, -0.15) is 0 Å². The van der Waals surface area contributed by atoms with Crippen LogP contribution in [0.15, 0.2) is 46.8 Å². The molecule has 0 bridgehead atoms. The second kappa shape index (κ2) is 5.49. The van der Waals surface area contributed by atoms with Gasteiger partial charge in [-0.15, -0.1) is 11.3 Å². The first kappa shape index (κ1) is 13.5. The molecule has 2 N–H and O–H groups in total. The van der Waals surface area contributed by atoms with Gasteiger partial charge in [0, 0.05) is 4.88 Å². The molecule has 0 atom stereocenters. The van der Waals surface area contributed by atoms with Gasteiger partial charge < -0.3 is 10.6 Å². The molecular weight excluding hydrogens is 286 g/mol. The van der Waals surface area contributed by atoms with Crippen LogP contribution in [0.1, 0.15) is 11.3 Å². The number of para-hydroxylation sites is 2. The minimum absolute atomic E-state index is 0.136. The summed E-state index contributed by atoms with van der Waals surface area (Å²) in [5.41, 5.74) is 7.26. The minimum atomic E-state index is -0.544. The minimum Gasteiger partial charge on any atom is -0.368 e. The number of anilines is 1. The number of nitrogens with zero attached hydrogens (tertiary/aromatic N) is 2. The molecule has 21 heavy (non-hydrogen) atoms. The fourth-order valence-electron chi connectivity index (χ4n) is 2.26. The van der Waals surface area contributed by atoms with Gasteiger partial charge in [-0.25, -0.2) is 4.99 Å². The maximum absolute atomic E-state index is 12.5. The summed E-state index contributed by atoms with van der Waals surface area (Å²) in [7, 11) is 0. The maximum atomic E-state index is 12.5. The first-order valence-corrected chi connectivity index (χ1v) is 7.32. The Morgan fingerprint density at radius 3 is 2.81 bits per heavy atom. The molecule has 1 aromatic carbocycles. The van der Waals surface area contributed by atoms with E-state index in [0.29, 0.717) is 11.4 Å². The molecule has 2 heterocycles. The molecule has 1 aromatic heterocycles. The van der Waals surface area contributed by atoms with Crippen LogP contribution in [0.25, 0.3) is 0 Å². The van der Waals surface area contributed by atoms with E-state index in [9.17, 15) is 9.59 Å². The highest BCUT2D eigenvalue weighted by molar-refractivity contribution is 7.12. The Balaban J connectivity index is 2.08. The van der Waals surface area contributed by atoms with Gasteiger partial charge in [0.25, 0.3) is 0 Å². The molecule has 3 rings (SSSR count). The van der Waals surface area contributed by atoms with E-state index in [1.165, 1.54) is 16.2 Å². The van der Waals surface area contributed by atoms with Gasteiger partial charge in [-0.3, -0.25) is 9.59 Å². The predicted molar refractivity (Wildman–Crippen MR) is 83.1 cm³/mol. The number of aliphatic imine (C=N–C) groups is 1. The van der Waals surface area contributed by atoms with Gasteiger partial charge in [-0.05, 0) is 23.6 Å². The Bertz CT molecular complexity index is 722. The van der Waals surface area contributed by atoms with Crippen LogP contribution in [0.3, 0.4) is 0 Å². The number of benzene rings is 1. The van der Waals surface area contributed by atoms with Crippen LogP contribution in [0.5, 0.6) is 0 Å². The van der Waals surface area contributed by atoms with E-state index in [0.717, 1.165) is 10.6 Å². The second-order valence-corrected chi connectivity index (χ2v) is 5.60. The number of carbonyl (C=O) groups is 2. The molecule has 2 aromatic rings. The molecule has 0 saturated heterocycles. The van der Waals surface area contributed by atoms with Gasteiger partial charge in [0.2, 0.25) is 11.8 Å². The Morgan fingerprint density at radius 2 is 2.10 bits per heavy atom. The smallest absolute Gasteiger partial charge is 0.237 e. The number of thiophene rings is 1. The molecule has 0 spiro atoms. The zero-order valence-electron chi connectivity index (χ0n) is 11.2. The predicted octanol–water partition coefficient (Wildman–Crippen LogP) is 2.09. The molecule has 0 aliphatic carbocycles. The highest BCUT2D eigenvalue weighted by Gasteiger charge is 2.26. The maximum Gasteiger partial charge on any atom is 0.237 e. The van der Waals surface area contributed by atoms with Crippen LogP contribution in [0.2, 0.25) is 0 Å². The van der Waals surface area contributed by atoms with Crippen LogP contribution in [-0.2, 0) is 9.59 Å². The number of nitrogens with two attached hydrogens (primary N) is 1. The first-order chi connectivity index (χ1) is 10.1. The van der Waals surface area contributed by atoms with E-state index in [1.807, 2.05) is 35.7 Å². The Kier molecular flexibility index (Phi) is 3.53. The van der Waals surface area contributed by atoms with Crippen molar-refractivity contribution in [2.24, 2.45) is 10.7 Å². The quantitative estimate of drug-likeness (QED) is 0.942. The highest BCUT2D eigenvalue weighted by Crippen LogP contribution is 2.33. The number of fused-ring (bicyclic) bond motifs is 1.